The Bertz CT molecular complexity index is 879. The third-order valence-electron chi connectivity index (χ3n) is 3.69. The number of aromatic nitrogens is 1. The van der Waals surface area contributed by atoms with E-state index in [-0.39, 0.29) is 36.6 Å². The highest BCUT2D eigenvalue weighted by molar-refractivity contribution is 5.56. The van der Waals surface area contributed by atoms with Crippen LogP contribution in [0.2, 0.25) is 0 Å². The minimum absolute atomic E-state index is 0.0505. The third kappa shape index (κ3) is 3.91. The van der Waals surface area contributed by atoms with Gasteiger partial charge in [0.2, 0.25) is 5.88 Å². The number of hydrogen-bond donors (Lipinski definition) is 3. The molecule has 0 bridgehead atoms. The van der Waals surface area contributed by atoms with E-state index in [4.69, 9.17) is 10.2 Å². The zero-order valence-corrected chi connectivity index (χ0v) is 13.7. The Morgan fingerprint density at radius 3 is 2.40 bits per heavy atom. The van der Waals surface area contributed by atoms with Crippen molar-refractivity contribution in [1.29, 1.82) is 5.26 Å². The van der Waals surface area contributed by atoms with E-state index in [0.29, 0.717) is 12.1 Å². The Morgan fingerprint density at radius 2 is 1.84 bits per heavy atom. The smallest absolute Gasteiger partial charge is 0.281 e. The molecular weight excluding hydrogens is 324 g/mol. The van der Waals surface area contributed by atoms with Crippen LogP contribution in [0.25, 0.3) is 0 Å². The van der Waals surface area contributed by atoms with Gasteiger partial charge < -0.3 is 15.3 Å². The van der Waals surface area contributed by atoms with Gasteiger partial charge in [-0.2, -0.15) is 10.4 Å². The fraction of sp³-hybridized carbons (Fsp3) is 0.294. The van der Waals surface area contributed by atoms with E-state index in [0.717, 1.165) is 10.1 Å². The third-order valence-corrected chi connectivity index (χ3v) is 3.69. The summed E-state index contributed by atoms with van der Waals surface area (Å²) < 4.78 is 0.893. The first-order valence-corrected chi connectivity index (χ1v) is 7.62. The number of rotatable bonds is 6. The van der Waals surface area contributed by atoms with Crippen molar-refractivity contribution in [3.63, 3.8) is 0 Å². The first kappa shape index (κ1) is 18.3. The number of pyridine rings is 1. The second-order valence-corrected chi connectivity index (χ2v) is 5.30. The second kappa shape index (κ2) is 8.19. The maximum absolute atomic E-state index is 12.4. The second-order valence-electron chi connectivity index (χ2n) is 5.30. The van der Waals surface area contributed by atoms with Gasteiger partial charge in [0.05, 0.1) is 18.8 Å². The van der Waals surface area contributed by atoms with Crippen molar-refractivity contribution in [2.24, 2.45) is 10.2 Å². The molecule has 0 amide bonds. The molecule has 0 saturated carbocycles. The summed E-state index contributed by atoms with van der Waals surface area (Å²) >= 11 is 0. The summed E-state index contributed by atoms with van der Waals surface area (Å²) in [6.07, 6.45) is 0.534. The van der Waals surface area contributed by atoms with Crippen LogP contribution in [-0.4, -0.2) is 33.1 Å². The van der Waals surface area contributed by atoms with Crippen molar-refractivity contribution >= 4 is 11.4 Å². The molecule has 8 nitrogen and oxygen atoms in total. The number of aromatic hydroxyl groups is 1. The van der Waals surface area contributed by atoms with Crippen molar-refractivity contribution in [3.05, 3.63) is 51.3 Å². The lowest BCUT2D eigenvalue weighted by atomic mass is 10.1. The lowest BCUT2D eigenvalue weighted by molar-refractivity contribution is 0.263. The van der Waals surface area contributed by atoms with E-state index in [1.807, 2.05) is 6.07 Å². The summed E-state index contributed by atoms with van der Waals surface area (Å²) in [4.78, 5) is 12.4. The molecule has 0 saturated heterocycles. The van der Waals surface area contributed by atoms with Gasteiger partial charge in [0.1, 0.15) is 11.6 Å². The summed E-state index contributed by atoms with van der Waals surface area (Å²) in [6, 6.07) is 8.81. The van der Waals surface area contributed by atoms with Crippen LogP contribution in [0.3, 0.4) is 0 Å². The molecule has 0 unspecified atom stereocenters. The topological polar surface area (TPSA) is 131 Å². The molecule has 130 valence electrons. The van der Waals surface area contributed by atoms with Gasteiger partial charge in [0, 0.05) is 12.2 Å². The highest BCUT2D eigenvalue weighted by atomic mass is 16.3. The Labute approximate surface area is 143 Å². The lowest BCUT2D eigenvalue weighted by Gasteiger charge is -2.11. The predicted molar refractivity (Wildman–Crippen MR) is 90.3 cm³/mol. The zero-order chi connectivity index (χ0) is 18.4. The summed E-state index contributed by atoms with van der Waals surface area (Å²) in [7, 11) is 0. The number of nitrogens with zero attached hydrogens (tertiary/aromatic N) is 4. The highest BCUT2D eigenvalue weighted by Crippen LogP contribution is 2.26. The molecule has 0 aliphatic rings. The fourth-order valence-corrected chi connectivity index (χ4v) is 2.33. The molecule has 0 radical (unpaired) electrons. The van der Waals surface area contributed by atoms with E-state index in [2.05, 4.69) is 10.2 Å². The maximum atomic E-state index is 12.4. The quantitative estimate of drug-likeness (QED) is 0.687. The van der Waals surface area contributed by atoms with Crippen LogP contribution >= 0.6 is 0 Å². The van der Waals surface area contributed by atoms with Gasteiger partial charge in [-0.05, 0) is 31.0 Å². The Balaban J connectivity index is 2.46. The van der Waals surface area contributed by atoms with Crippen LogP contribution in [0, 0.1) is 18.3 Å². The number of aliphatic hydroxyl groups is 2. The number of nitriles is 1. The van der Waals surface area contributed by atoms with Crippen LogP contribution in [0.15, 0.2) is 39.3 Å². The van der Waals surface area contributed by atoms with Gasteiger partial charge in [-0.15, -0.1) is 5.11 Å². The molecule has 1 aromatic heterocycles. The number of hydrogen-bond acceptors (Lipinski definition) is 7. The SMILES string of the molecule is Cc1c(C#N)c(O)n(CCO)c(=O)c1N=Nc1ccc(CCO)cc1. The number of azo groups is 1. The molecule has 8 heteroatoms. The monoisotopic (exact) mass is 342 g/mol. The van der Waals surface area contributed by atoms with Crippen LogP contribution in [0.4, 0.5) is 11.4 Å². The van der Waals surface area contributed by atoms with Gasteiger partial charge in [-0.25, -0.2) is 0 Å². The molecular formula is C17H18N4O4. The van der Waals surface area contributed by atoms with Crippen molar-refractivity contribution in [1.82, 2.24) is 4.57 Å². The predicted octanol–water partition coefficient (Wildman–Crippen LogP) is 1.68. The molecule has 0 aliphatic heterocycles. The van der Waals surface area contributed by atoms with Crippen molar-refractivity contribution < 1.29 is 15.3 Å². The first-order chi connectivity index (χ1) is 12.0. The lowest BCUT2D eigenvalue weighted by Crippen LogP contribution is -2.23. The first-order valence-electron chi connectivity index (χ1n) is 7.62. The normalized spacial score (nSPS) is 11.0. The zero-order valence-electron chi connectivity index (χ0n) is 13.7. The minimum Gasteiger partial charge on any atom is -0.493 e. The molecule has 25 heavy (non-hydrogen) atoms. The molecule has 1 aromatic carbocycles. The van der Waals surface area contributed by atoms with E-state index >= 15 is 0 Å². The molecule has 3 N–H and O–H groups in total. The van der Waals surface area contributed by atoms with Crippen molar-refractivity contribution in [3.8, 4) is 11.9 Å². The Hall–Kier alpha value is -3.02. The van der Waals surface area contributed by atoms with E-state index in [1.54, 1.807) is 24.3 Å². The summed E-state index contributed by atoms with van der Waals surface area (Å²) in [5, 5.41) is 45.1. The van der Waals surface area contributed by atoms with E-state index < -0.39 is 11.4 Å². The largest absolute Gasteiger partial charge is 0.493 e. The van der Waals surface area contributed by atoms with Gasteiger partial charge >= 0.3 is 0 Å². The molecule has 0 fully saturated rings. The molecule has 2 rings (SSSR count). The Kier molecular flexibility index (Phi) is 6.00. The van der Waals surface area contributed by atoms with Gasteiger partial charge in [-0.1, -0.05) is 12.1 Å². The van der Waals surface area contributed by atoms with Crippen LogP contribution in [0.1, 0.15) is 16.7 Å². The van der Waals surface area contributed by atoms with Gasteiger partial charge in [0.25, 0.3) is 5.56 Å². The fourth-order valence-electron chi connectivity index (χ4n) is 2.33. The van der Waals surface area contributed by atoms with Crippen molar-refractivity contribution in [2.75, 3.05) is 13.2 Å². The number of benzene rings is 1. The van der Waals surface area contributed by atoms with Crippen LogP contribution in [0.5, 0.6) is 5.88 Å². The van der Waals surface area contributed by atoms with Crippen LogP contribution in [-0.2, 0) is 13.0 Å². The molecule has 0 aliphatic carbocycles. The summed E-state index contributed by atoms with van der Waals surface area (Å²) in [5.41, 5.74) is 0.881. The highest BCUT2D eigenvalue weighted by Gasteiger charge is 2.18. The molecule has 0 atom stereocenters. The summed E-state index contributed by atoms with van der Waals surface area (Å²) in [6.45, 7) is 1.03. The standard InChI is InChI=1S/C17H18N4O4/c1-11-14(10-18)16(24)21(7-9-23)17(25)15(11)20-19-13-4-2-12(3-5-13)6-8-22/h2-5,22-24H,6-9H2,1H3. The average molecular weight is 342 g/mol. The van der Waals surface area contributed by atoms with Gasteiger partial charge in [-0.3, -0.25) is 9.36 Å². The number of aliphatic hydroxyl groups excluding tert-OH is 2. The maximum Gasteiger partial charge on any atom is 0.281 e. The van der Waals surface area contributed by atoms with Gasteiger partial charge in [0.15, 0.2) is 5.69 Å². The van der Waals surface area contributed by atoms with E-state index in [9.17, 15) is 15.2 Å². The molecule has 2 aromatic rings. The van der Waals surface area contributed by atoms with Crippen LogP contribution < -0.4 is 5.56 Å². The summed E-state index contributed by atoms with van der Waals surface area (Å²) in [5.74, 6) is -0.494. The Morgan fingerprint density at radius 1 is 1.16 bits per heavy atom. The minimum atomic E-state index is -0.635. The van der Waals surface area contributed by atoms with E-state index in [1.165, 1.54) is 6.92 Å². The average Bonchev–Trinajstić information content (AvgIpc) is 2.60. The molecule has 0 spiro atoms. The molecule has 1 heterocycles. The van der Waals surface area contributed by atoms with Crippen molar-refractivity contribution in [2.45, 2.75) is 19.9 Å².